The molecule has 0 radical (unpaired) electrons. The average molecular weight is 628 g/mol. The van der Waals surface area contributed by atoms with E-state index in [1.165, 1.54) is 16.8 Å². The lowest BCUT2D eigenvalue weighted by Gasteiger charge is -2.31. The molecule has 1 saturated heterocycles. The summed E-state index contributed by atoms with van der Waals surface area (Å²) in [5.74, 6) is -0.430. The molecule has 0 aliphatic carbocycles. The minimum Gasteiger partial charge on any atom is -0.368 e. The van der Waals surface area contributed by atoms with Gasteiger partial charge in [-0.25, -0.2) is 4.98 Å². The molecule has 5 aromatic rings. The third kappa shape index (κ3) is 5.70. The van der Waals surface area contributed by atoms with Crippen molar-refractivity contribution in [1.29, 1.82) is 0 Å². The summed E-state index contributed by atoms with van der Waals surface area (Å²) in [6.45, 7) is 2.10. The molecule has 0 saturated carbocycles. The van der Waals surface area contributed by atoms with Gasteiger partial charge in [0.05, 0.1) is 17.4 Å². The molecule has 2 aliphatic heterocycles. The lowest BCUT2D eigenvalue weighted by Crippen LogP contribution is -2.44. The Hall–Kier alpha value is -5.50. The van der Waals surface area contributed by atoms with E-state index in [1.807, 2.05) is 18.2 Å². The zero-order chi connectivity index (χ0) is 31.8. The van der Waals surface area contributed by atoms with Crippen LogP contribution in [0.1, 0.15) is 17.2 Å². The minimum absolute atomic E-state index is 0.0340. The third-order valence-corrected chi connectivity index (χ3v) is 8.03. The third-order valence-electron chi connectivity index (χ3n) is 8.03. The Morgan fingerprint density at radius 1 is 0.913 bits per heavy atom. The largest absolute Gasteiger partial charge is 0.418 e. The second kappa shape index (κ2) is 11.8. The van der Waals surface area contributed by atoms with Gasteiger partial charge in [0.1, 0.15) is 17.4 Å². The van der Waals surface area contributed by atoms with Crippen LogP contribution in [0, 0.1) is 0 Å². The van der Waals surface area contributed by atoms with Crippen LogP contribution >= 0.6 is 0 Å². The van der Waals surface area contributed by atoms with Crippen molar-refractivity contribution in [1.82, 2.24) is 24.8 Å². The Bertz CT molecular complexity index is 1990. The van der Waals surface area contributed by atoms with E-state index in [2.05, 4.69) is 36.2 Å². The first-order valence-corrected chi connectivity index (χ1v) is 14.7. The molecule has 3 aromatic heterocycles. The normalized spacial score (nSPS) is 16.5. The summed E-state index contributed by atoms with van der Waals surface area (Å²) in [7, 11) is 0. The number of fused-ring (bicyclic) bond motifs is 2. The Balaban J connectivity index is 1.30. The van der Waals surface area contributed by atoms with E-state index in [4.69, 9.17) is 0 Å². The number of para-hydroxylation sites is 1. The van der Waals surface area contributed by atoms with Crippen molar-refractivity contribution in [2.75, 3.05) is 47.0 Å². The molecule has 1 atom stereocenters. The highest BCUT2D eigenvalue weighted by Crippen LogP contribution is 2.39. The lowest BCUT2D eigenvalue weighted by molar-refractivity contribution is -0.137. The fourth-order valence-corrected chi connectivity index (χ4v) is 5.85. The number of benzene rings is 2. The molecular formula is C32H28F3N9O2. The summed E-state index contributed by atoms with van der Waals surface area (Å²) >= 11 is 0. The van der Waals surface area contributed by atoms with E-state index in [9.17, 15) is 22.8 Å². The highest BCUT2D eigenvalue weighted by Gasteiger charge is 2.36. The van der Waals surface area contributed by atoms with Gasteiger partial charge < -0.3 is 26.2 Å². The molecule has 4 N–H and O–H groups in total. The number of aromatic nitrogens is 4. The predicted octanol–water partition coefficient (Wildman–Crippen LogP) is 4.84. The first-order valence-electron chi connectivity index (χ1n) is 14.7. The van der Waals surface area contributed by atoms with Crippen LogP contribution < -0.4 is 31.7 Å². The summed E-state index contributed by atoms with van der Waals surface area (Å²) in [5.41, 5.74) is 1.32. The monoisotopic (exact) mass is 627 g/mol. The molecule has 46 heavy (non-hydrogen) atoms. The number of piperazine rings is 1. The van der Waals surface area contributed by atoms with E-state index in [0.29, 0.717) is 42.9 Å². The van der Waals surface area contributed by atoms with E-state index >= 15 is 0 Å². The zero-order valence-electron chi connectivity index (χ0n) is 24.3. The van der Waals surface area contributed by atoms with Crippen LogP contribution in [-0.4, -0.2) is 51.6 Å². The van der Waals surface area contributed by atoms with Crippen LogP contribution in [-0.2, 0) is 17.4 Å². The van der Waals surface area contributed by atoms with Crippen LogP contribution in [0.3, 0.4) is 0 Å². The molecular weight excluding hydrogens is 599 g/mol. The SMILES string of the molecule is O=C1Nc2ccccc2CC1n1c(=O)c(Nc2cccnc2)cc2cnc(Nc3ccc(N4CCNCC4)c(C(F)(F)F)c3)nc21. The van der Waals surface area contributed by atoms with Gasteiger partial charge in [-0.15, -0.1) is 0 Å². The van der Waals surface area contributed by atoms with Crippen molar-refractivity contribution in [3.05, 3.63) is 101 Å². The van der Waals surface area contributed by atoms with Gasteiger partial charge in [-0.2, -0.15) is 18.2 Å². The fourth-order valence-electron chi connectivity index (χ4n) is 5.85. The van der Waals surface area contributed by atoms with Crippen LogP contribution in [0.2, 0.25) is 0 Å². The maximum atomic E-state index is 14.2. The second-order valence-corrected chi connectivity index (χ2v) is 11.0. The summed E-state index contributed by atoms with van der Waals surface area (Å²) in [6, 6.07) is 15.4. The second-order valence-electron chi connectivity index (χ2n) is 11.0. The number of pyridine rings is 2. The van der Waals surface area contributed by atoms with Crippen molar-refractivity contribution in [2.45, 2.75) is 18.6 Å². The number of hydrogen-bond donors (Lipinski definition) is 4. The Labute approximate surface area is 260 Å². The van der Waals surface area contributed by atoms with Gasteiger partial charge in [0.2, 0.25) is 11.9 Å². The molecule has 2 aromatic carbocycles. The Kier molecular flexibility index (Phi) is 7.48. The molecule has 0 bridgehead atoms. The van der Waals surface area contributed by atoms with Gasteiger partial charge in [-0.05, 0) is 48.0 Å². The van der Waals surface area contributed by atoms with Crippen molar-refractivity contribution < 1.29 is 18.0 Å². The molecule has 1 amide bonds. The number of alkyl halides is 3. The minimum atomic E-state index is -4.59. The summed E-state index contributed by atoms with van der Waals surface area (Å²) < 4.78 is 43.9. The number of rotatable bonds is 6. The van der Waals surface area contributed by atoms with Gasteiger partial charge in [-0.3, -0.25) is 19.1 Å². The molecule has 14 heteroatoms. The molecule has 234 valence electrons. The van der Waals surface area contributed by atoms with E-state index in [1.54, 1.807) is 47.6 Å². The Morgan fingerprint density at radius 3 is 2.52 bits per heavy atom. The van der Waals surface area contributed by atoms with Gasteiger partial charge in [0.25, 0.3) is 5.56 Å². The van der Waals surface area contributed by atoms with Gasteiger partial charge in [0.15, 0.2) is 0 Å². The average Bonchev–Trinajstić information content (AvgIpc) is 3.06. The summed E-state index contributed by atoms with van der Waals surface area (Å²) in [6.07, 6.45) is 0.257. The number of nitrogens with zero attached hydrogens (tertiary/aromatic N) is 5. The molecule has 1 fully saturated rings. The number of nitrogens with one attached hydrogen (secondary N) is 4. The quantitative estimate of drug-likeness (QED) is 0.209. The van der Waals surface area contributed by atoms with E-state index in [-0.39, 0.29) is 35.1 Å². The first kappa shape index (κ1) is 29.2. The van der Waals surface area contributed by atoms with Crippen LogP contribution in [0.5, 0.6) is 0 Å². The van der Waals surface area contributed by atoms with E-state index < -0.39 is 29.2 Å². The van der Waals surface area contributed by atoms with Gasteiger partial charge in [-0.1, -0.05) is 18.2 Å². The molecule has 0 spiro atoms. The maximum Gasteiger partial charge on any atom is 0.418 e. The maximum absolute atomic E-state index is 14.2. The topological polar surface area (TPSA) is 129 Å². The summed E-state index contributed by atoms with van der Waals surface area (Å²) in [5, 5.41) is 12.4. The highest BCUT2D eigenvalue weighted by molar-refractivity contribution is 5.98. The molecule has 2 aliphatic rings. The number of hydrogen-bond acceptors (Lipinski definition) is 9. The molecule has 1 unspecified atom stereocenters. The standard InChI is InChI=1S/C32H28F3N9O2/c33-32(34,35)23-16-21(7-8-26(23)43-12-10-36-11-13-43)40-31-38-17-20-14-25(39-22-5-3-9-37-18-22)30(46)44(28(20)42-31)27-15-19-4-1-2-6-24(19)41-29(27)45/h1-9,14,16-18,27,36,39H,10-13,15H2,(H,41,45)(H,38,40,42). The first-order chi connectivity index (χ1) is 22.2. The highest BCUT2D eigenvalue weighted by atomic mass is 19.4. The number of carbonyl (C=O) groups is 1. The predicted molar refractivity (Wildman–Crippen MR) is 169 cm³/mol. The number of carbonyl (C=O) groups excluding carboxylic acids is 1. The smallest absolute Gasteiger partial charge is 0.368 e. The van der Waals surface area contributed by atoms with Crippen molar-refractivity contribution >= 4 is 51.3 Å². The van der Waals surface area contributed by atoms with Gasteiger partial charge in [0, 0.05) is 67.4 Å². The molecule has 5 heterocycles. The molecule has 11 nitrogen and oxygen atoms in total. The van der Waals surface area contributed by atoms with Crippen LogP contribution in [0.4, 0.5) is 47.6 Å². The number of amides is 1. The molecule has 7 rings (SSSR count). The van der Waals surface area contributed by atoms with Gasteiger partial charge >= 0.3 is 6.18 Å². The fraction of sp³-hybridized carbons (Fsp3) is 0.219. The number of halogens is 3. The van der Waals surface area contributed by atoms with Crippen molar-refractivity contribution in [3.63, 3.8) is 0 Å². The summed E-state index contributed by atoms with van der Waals surface area (Å²) in [4.78, 5) is 42.2. The lowest BCUT2D eigenvalue weighted by atomic mass is 9.98. The van der Waals surface area contributed by atoms with Crippen molar-refractivity contribution in [3.8, 4) is 0 Å². The van der Waals surface area contributed by atoms with E-state index in [0.717, 1.165) is 11.6 Å². The van der Waals surface area contributed by atoms with Crippen LogP contribution in [0.15, 0.2) is 84.0 Å². The number of anilines is 6. The Morgan fingerprint density at radius 2 is 1.74 bits per heavy atom. The van der Waals surface area contributed by atoms with Crippen LogP contribution in [0.25, 0.3) is 11.0 Å². The van der Waals surface area contributed by atoms with Crippen molar-refractivity contribution in [2.24, 2.45) is 0 Å². The zero-order valence-corrected chi connectivity index (χ0v) is 24.3.